The van der Waals surface area contributed by atoms with Crippen molar-refractivity contribution in [1.29, 1.82) is 0 Å². The van der Waals surface area contributed by atoms with Crippen LogP contribution in [0.3, 0.4) is 0 Å². The van der Waals surface area contributed by atoms with Crippen LogP contribution >= 0.6 is 28.1 Å². The zero-order chi connectivity index (χ0) is 22.8. The first-order valence-electron chi connectivity index (χ1n) is 10.7. The van der Waals surface area contributed by atoms with E-state index < -0.39 is 0 Å². The van der Waals surface area contributed by atoms with Gasteiger partial charge in [0.05, 0.1) is 18.3 Å². The van der Waals surface area contributed by atoms with Crippen LogP contribution in [0.25, 0.3) is 11.3 Å². The molecule has 7 heteroatoms. The summed E-state index contributed by atoms with van der Waals surface area (Å²) in [5.74, 6) is 2.44. The van der Waals surface area contributed by atoms with Crippen molar-refractivity contribution in [2.45, 2.75) is 19.0 Å². The summed E-state index contributed by atoms with van der Waals surface area (Å²) in [6.45, 7) is 2.60. The predicted molar refractivity (Wildman–Crippen MR) is 137 cm³/mol. The van der Waals surface area contributed by atoms with Crippen LogP contribution in [-0.2, 0) is 0 Å². The van der Waals surface area contributed by atoms with E-state index in [2.05, 4.69) is 31.1 Å². The SMILES string of the molecule is CCOc1ccc(N2C(=S)N[C@@H](c3ccccn3)[C@H]2c2ccc(-c3ccc(Br)cc3)o2)cc1. The van der Waals surface area contributed by atoms with Gasteiger partial charge in [-0.1, -0.05) is 34.1 Å². The molecular formula is C26H22BrN3O2S. The third-order valence-corrected chi connectivity index (χ3v) is 6.41. The van der Waals surface area contributed by atoms with Crippen LogP contribution in [0.4, 0.5) is 5.69 Å². The normalized spacial score (nSPS) is 17.8. The molecule has 1 aliphatic rings. The topological polar surface area (TPSA) is 50.5 Å². The molecule has 2 atom stereocenters. The molecule has 0 saturated carbocycles. The Hall–Kier alpha value is -3.16. The minimum absolute atomic E-state index is 0.158. The van der Waals surface area contributed by atoms with Gasteiger partial charge >= 0.3 is 0 Å². The molecule has 2 aromatic heterocycles. The first-order valence-corrected chi connectivity index (χ1v) is 11.9. The van der Waals surface area contributed by atoms with Gasteiger partial charge in [0.2, 0.25) is 0 Å². The molecule has 5 nitrogen and oxygen atoms in total. The molecular weight excluding hydrogens is 498 g/mol. The summed E-state index contributed by atoms with van der Waals surface area (Å²) in [5.41, 5.74) is 2.88. The lowest BCUT2D eigenvalue weighted by Gasteiger charge is -2.26. The zero-order valence-corrected chi connectivity index (χ0v) is 20.3. The van der Waals surface area contributed by atoms with Crippen molar-refractivity contribution in [3.8, 4) is 17.1 Å². The molecule has 1 aliphatic heterocycles. The summed E-state index contributed by atoms with van der Waals surface area (Å²) in [6, 6.07) is 25.6. The molecule has 5 rings (SSSR count). The summed E-state index contributed by atoms with van der Waals surface area (Å²) >= 11 is 9.27. The molecule has 0 bridgehead atoms. The third kappa shape index (κ3) is 4.38. The second kappa shape index (κ2) is 9.37. The number of thiocarbonyl (C=S) groups is 1. The molecule has 2 aromatic carbocycles. The second-order valence-corrected chi connectivity index (χ2v) is 8.93. The van der Waals surface area contributed by atoms with E-state index in [1.165, 1.54) is 0 Å². The van der Waals surface area contributed by atoms with E-state index in [0.717, 1.165) is 38.7 Å². The average Bonchev–Trinajstić information content (AvgIpc) is 3.46. The number of furan rings is 1. The number of halogens is 1. The molecule has 33 heavy (non-hydrogen) atoms. The molecule has 0 spiro atoms. The predicted octanol–water partition coefficient (Wildman–Crippen LogP) is 6.68. The van der Waals surface area contributed by atoms with E-state index in [1.807, 2.05) is 85.8 Å². The van der Waals surface area contributed by atoms with Crippen molar-refractivity contribution in [3.63, 3.8) is 0 Å². The third-order valence-electron chi connectivity index (χ3n) is 5.57. The van der Waals surface area contributed by atoms with Crippen molar-refractivity contribution in [2.24, 2.45) is 0 Å². The highest BCUT2D eigenvalue weighted by Gasteiger charge is 2.42. The Morgan fingerprint density at radius 1 is 1.03 bits per heavy atom. The Labute approximate surface area is 206 Å². The van der Waals surface area contributed by atoms with Gasteiger partial charge in [-0.3, -0.25) is 4.98 Å². The molecule has 166 valence electrons. The first kappa shape index (κ1) is 21.7. The average molecular weight is 520 g/mol. The van der Waals surface area contributed by atoms with E-state index in [1.54, 1.807) is 6.20 Å². The van der Waals surface area contributed by atoms with Crippen LogP contribution in [0, 0.1) is 0 Å². The van der Waals surface area contributed by atoms with Crippen LogP contribution in [0.15, 0.2) is 93.9 Å². The van der Waals surface area contributed by atoms with Gasteiger partial charge in [0.15, 0.2) is 5.11 Å². The molecule has 0 unspecified atom stereocenters. The standard InChI is InChI=1S/C26H22BrN3O2S/c1-2-31-20-12-10-19(11-13-20)30-25(24(29-26(30)33)21-5-3-4-16-28-21)23-15-14-22(32-23)17-6-8-18(27)9-7-17/h3-16,24-25H,2H2,1H3,(H,29,33)/t24-,25+/m0/s1. The smallest absolute Gasteiger partial charge is 0.174 e. The highest BCUT2D eigenvalue weighted by Crippen LogP contribution is 2.43. The number of hydrogen-bond donors (Lipinski definition) is 1. The molecule has 3 heterocycles. The highest BCUT2D eigenvalue weighted by molar-refractivity contribution is 9.10. The maximum absolute atomic E-state index is 6.40. The largest absolute Gasteiger partial charge is 0.494 e. The van der Waals surface area contributed by atoms with Crippen molar-refractivity contribution in [1.82, 2.24) is 10.3 Å². The Kier molecular flexibility index (Phi) is 6.15. The fraction of sp³-hybridized carbons (Fsp3) is 0.154. The number of aromatic nitrogens is 1. The fourth-order valence-electron chi connectivity index (χ4n) is 4.07. The maximum atomic E-state index is 6.40. The quantitative estimate of drug-likeness (QED) is 0.286. The van der Waals surface area contributed by atoms with Crippen molar-refractivity contribution in [3.05, 3.63) is 101 Å². The van der Waals surface area contributed by atoms with Crippen LogP contribution in [-0.4, -0.2) is 16.7 Å². The van der Waals surface area contributed by atoms with E-state index in [9.17, 15) is 0 Å². The molecule has 0 radical (unpaired) electrons. The minimum Gasteiger partial charge on any atom is -0.494 e. The molecule has 1 N–H and O–H groups in total. The number of benzene rings is 2. The van der Waals surface area contributed by atoms with Crippen LogP contribution in [0.1, 0.15) is 30.5 Å². The summed E-state index contributed by atoms with van der Waals surface area (Å²) in [4.78, 5) is 6.69. The minimum atomic E-state index is -0.199. The Bertz CT molecular complexity index is 1240. The number of rotatable bonds is 6. The van der Waals surface area contributed by atoms with Crippen molar-refractivity contribution >= 4 is 38.9 Å². The molecule has 1 fully saturated rings. The Morgan fingerprint density at radius 2 is 1.82 bits per heavy atom. The van der Waals surface area contributed by atoms with E-state index >= 15 is 0 Å². The molecule has 0 amide bonds. The van der Waals surface area contributed by atoms with Crippen molar-refractivity contribution in [2.75, 3.05) is 11.5 Å². The van der Waals surface area contributed by atoms with Crippen molar-refractivity contribution < 1.29 is 9.15 Å². The number of nitrogens with one attached hydrogen (secondary N) is 1. The number of hydrogen-bond acceptors (Lipinski definition) is 4. The van der Waals surface area contributed by atoms with Gasteiger partial charge < -0.3 is 19.4 Å². The van der Waals surface area contributed by atoms with Gasteiger partial charge in [-0.15, -0.1) is 0 Å². The van der Waals surface area contributed by atoms with Crippen LogP contribution < -0.4 is 15.0 Å². The summed E-state index contributed by atoms with van der Waals surface area (Å²) < 4.78 is 13.0. The first-order chi connectivity index (χ1) is 16.1. The van der Waals surface area contributed by atoms with Gasteiger partial charge in [-0.2, -0.15) is 0 Å². The highest BCUT2D eigenvalue weighted by atomic mass is 79.9. The Balaban J connectivity index is 1.55. The van der Waals surface area contributed by atoms with E-state index in [4.69, 9.17) is 21.4 Å². The Morgan fingerprint density at radius 3 is 2.52 bits per heavy atom. The van der Waals surface area contributed by atoms with E-state index in [0.29, 0.717) is 11.7 Å². The lowest BCUT2D eigenvalue weighted by Crippen LogP contribution is -2.29. The molecule has 4 aromatic rings. The summed E-state index contributed by atoms with van der Waals surface area (Å²) in [6.07, 6.45) is 1.80. The molecule has 1 saturated heterocycles. The van der Waals surface area contributed by atoms with E-state index in [-0.39, 0.29) is 12.1 Å². The number of nitrogens with zero attached hydrogens (tertiary/aromatic N) is 2. The summed E-state index contributed by atoms with van der Waals surface area (Å²) in [5, 5.41) is 4.09. The van der Waals surface area contributed by atoms with Gasteiger partial charge in [0.25, 0.3) is 0 Å². The van der Waals surface area contributed by atoms with Crippen LogP contribution in [0.5, 0.6) is 5.75 Å². The lowest BCUT2D eigenvalue weighted by molar-refractivity contribution is 0.340. The number of ether oxygens (including phenoxy) is 1. The van der Waals surface area contributed by atoms with Gasteiger partial charge in [-0.25, -0.2) is 0 Å². The van der Waals surface area contributed by atoms with Crippen LogP contribution in [0.2, 0.25) is 0 Å². The zero-order valence-electron chi connectivity index (χ0n) is 17.9. The number of pyridine rings is 1. The number of anilines is 1. The van der Waals surface area contributed by atoms with Gasteiger partial charge in [0.1, 0.15) is 23.3 Å². The van der Waals surface area contributed by atoms with Gasteiger partial charge in [-0.05, 0) is 79.8 Å². The fourth-order valence-corrected chi connectivity index (χ4v) is 4.68. The lowest BCUT2D eigenvalue weighted by atomic mass is 10.0. The van der Waals surface area contributed by atoms with Gasteiger partial charge in [0, 0.05) is 21.9 Å². The summed E-state index contributed by atoms with van der Waals surface area (Å²) in [7, 11) is 0. The molecule has 0 aliphatic carbocycles. The monoisotopic (exact) mass is 519 g/mol. The second-order valence-electron chi connectivity index (χ2n) is 7.63. The maximum Gasteiger partial charge on any atom is 0.174 e.